The van der Waals surface area contributed by atoms with Crippen LogP contribution in [0.2, 0.25) is 0 Å². The number of aromatic nitrogens is 1. The van der Waals surface area contributed by atoms with E-state index in [9.17, 15) is 9.00 Å². The first-order valence-corrected chi connectivity index (χ1v) is 6.26. The number of rotatable bonds is 5. The molecule has 0 aliphatic rings. The minimum Gasteiger partial charge on any atom is -0.478 e. The zero-order valence-electron chi connectivity index (χ0n) is 8.77. The van der Waals surface area contributed by atoms with Crippen molar-refractivity contribution in [1.82, 2.24) is 4.98 Å². The molecule has 0 aliphatic heterocycles. The van der Waals surface area contributed by atoms with E-state index in [1.807, 2.05) is 0 Å². The van der Waals surface area contributed by atoms with Crippen LogP contribution in [-0.2, 0) is 10.8 Å². The maximum atomic E-state index is 10.9. The van der Waals surface area contributed by atoms with Crippen molar-refractivity contribution < 1.29 is 14.1 Å². The Morgan fingerprint density at radius 3 is 2.94 bits per heavy atom. The molecular weight excluding hydrogens is 230 g/mol. The van der Waals surface area contributed by atoms with Gasteiger partial charge in [0.05, 0.1) is 11.9 Å². The van der Waals surface area contributed by atoms with Gasteiger partial charge >= 0.3 is 5.97 Å². The van der Waals surface area contributed by atoms with Gasteiger partial charge in [-0.05, 0) is 6.07 Å². The van der Waals surface area contributed by atoms with Gasteiger partial charge in [-0.1, -0.05) is 0 Å². The van der Waals surface area contributed by atoms with Crippen LogP contribution in [0.4, 0.5) is 11.5 Å². The van der Waals surface area contributed by atoms with E-state index in [0.717, 1.165) is 0 Å². The van der Waals surface area contributed by atoms with E-state index in [1.54, 1.807) is 6.26 Å². The average molecular weight is 243 g/mol. The molecule has 6 nitrogen and oxygen atoms in total. The lowest BCUT2D eigenvalue weighted by atomic mass is 10.2. The number of nitrogen functional groups attached to an aromatic ring is 1. The van der Waals surface area contributed by atoms with Gasteiger partial charge in [-0.3, -0.25) is 4.21 Å². The van der Waals surface area contributed by atoms with Crippen LogP contribution < -0.4 is 11.1 Å². The topological polar surface area (TPSA) is 105 Å². The second-order valence-electron chi connectivity index (χ2n) is 3.17. The third kappa shape index (κ3) is 3.50. The van der Waals surface area contributed by atoms with Crippen molar-refractivity contribution in [2.45, 2.75) is 0 Å². The van der Waals surface area contributed by atoms with Gasteiger partial charge in [0.25, 0.3) is 0 Å². The van der Waals surface area contributed by atoms with E-state index < -0.39 is 16.8 Å². The Labute approximate surface area is 95.3 Å². The molecule has 1 aromatic heterocycles. The lowest BCUT2D eigenvalue weighted by molar-refractivity contribution is 0.0697. The summed E-state index contributed by atoms with van der Waals surface area (Å²) >= 11 is 0. The Balaban J connectivity index is 2.78. The Hall–Kier alpha value is -1.63. The van der Waals surface area contributed by atoms with Crippen molar-refractivity contribution in [3.8, 4) is 0 Å². The third-order valence-electron chi connectivity index (χ3n) is 1.82. The van der Waals surface area contributed by atoms with Crippen LogP contribution >= 0.6 is 0 Å². The monoisotopic (exact) mass is 243 g/mol. The van der Waals surface area contributed by atoms with Crippen molar-refractivity contribution in [1.29, 1.82) is 0 Å². The van der Waals surface area contributed by atoms with E-state index in [2.05, 4.69) is 10.3 Å². The van der Waals surface area contributed by atoms with Crippen molar-refractivity contribution in [3.63, 3.8) is 0 Å². The maximum absolute atomic E-state index is 10.9. The Morgan fingerprint density at radius 1 is 1.69 bits per heavy atom. The molecule has 88 valence electrons. The van der Waals surface area contributed by atoms with Crippen LogP contribution in [0, 0.1) is 0 Å². The van der Waals surface area contributed by atoms with E-state index >= 15 is 0 Å². The Bertz CT molecular complexity index is 422. The second kappa shape index (κ2) is 5.45. The van der Waals surface area contributed by atoms with Gasteiger partial charge in [0, 0.05) is 29.4 Å². The van der Waals surface area contributed by atoms with E-state index in [-0.39, 0.29) is 11.4 Å². The second-order valence-corrected chi connectivity index (χ2v) is 4.73. The lowest BCUT2D eigenvalue weighted by Crippen LogP contribution is -2.14. The van der Waals surface area contributed by atoms with Crippen LogP contribution in [0.5, 0.6) is 0 Å². The van der Waals surface area contributed by atoms with E-state index in [4.69, 9.17) is 10.8 Å². The molecule has 7 heteroatoms. The van der Waals surface area contributed by atoms with Gasteiger partial charge in [0.2, 0.25) is 0 Å². The molecule has 1 heterocycles. The van der Waals surface area contributed by atoms with Gasteiger partial charge in [-0.2, -0.15) is 0 Å². The summed E-state index contributed by atoms with van der Waals surface area (Å²) in [6.07, 6.45) is 2.95. The molecule has 1 aromatic rings. The Kier molecular flexibility index (Phi) is 4.24. The summed E-state index contributed by atoms with van der Waals surface area (Å²) < 4.78 is 10.8. The van der Waals surface area contributed by atoms with Gasteiger partial charge in [0.1, 0.15) is 11.4 Å². The van der Waals surface area contributed by atoms with Crippen molar-refractivity contribution >= 4 is 28.3 Å². The van der Waals surface area contributed by atoms with Gasteiger partial charge in [-0.25, -0.2) is 9.78 Å². The molecule has 0 amide bonds. The summed E-state index contributed by atoms with van der Waals surface area (Å²) in [4.78, 5) is 14.8. The van der Waals surface area contributed by atoms with Crippen LogP contribution in [0.3, 0.4) is 0 Å². The molecule has 0 bridgehead atoms. The fourth-order valence-corrected chi connectivity index (χ4v) is 1.49. The number of nitrogens with zero attached hydrogens (tertiary/aromatic N) is 1. The van der Waals surface area contributed by atoms with Crippen LogP contribution in [-0.4, -0.2) is 38.8 Å². The number of pyridine rings is 1. The number of aromatic carboxylic acids is 1. The average Bonchev–Trinajstić information content (AvgIpc) is 2.19. The van der Waals surface area contributed by atoms with E-state index in [1.165, 1.54) is 12.3 Å². The molecule has 0 saturated heterocycles. The molecule has 1 atom stereocenters. The fraction of sp³-hybridized carbons (Fsp3) is 0.333. The molecule has 0 spiro atoms. The van der Waals surface area contributed by atoms with Gasteiger partial charge in [-0.15, -0.1) is 0 Å². The highest BCUT2D eigenvalue weighted by atomic mass is 32.2. The summed E-state index contributed by atoms with van der Waals surface area (Å²) in [6.45, 7) is 0.403. The number of carboxylic acid groups (broad SMARTS) is 1. The number of hydrogen-bond donors (Lipinski definition) is 3. The summed E-state index contributed by atoms with van der Waals surface area (Å²) in [6, 6.07) is 1.33. The molecule has 1 unspecified atom stereocenters. The molecule has 1 rings (SSSR count). The number of anilines is 2. The van der Waals surface area contributed by atoms with Gasteiger partial charge < -0.3 is 16.2 Å². The zero-order valence-corrected chi connectivity index (χ0v) is 9.58. The molecule has 16 heavy (non-hydrogen) atoms. The molecular formula is C9H13N3O3S. The largest absolute Gasteiger partial charge is 0.478 e. The number of hydrogen-bond acceptors (Lipinski definition) is 5. The quantitative estimate of drug-likeness (QED) is 0.680. The van der Waals surface area contributed by atoms with Crippen LogP contribution in [0.1, 0.15) is 10.4 Å². The molecule has 0 fully saturated rings. The number of nitrogens with one attached hydrogen (secondary N) is 1. The molecule has 4 N–H and O–H groups in total. The molecule has 0 aliphatic carbocycles. The summed E-state index contributed by atoms with van der Waals surface area (Å²) in [7, 11) is -0.923. The molecule has 0 radical (unpaired) electrons. The normalized spacial score (nSPS) is 12.1. The highest BCUT2D eigenvalue weighted by Crippen LogP contribution is 2.14. The first kappa shape index (κ1) is 12.4. The minimum atomic E-state index is -1.10. The van der Waals surface area contributed by atoms with Crippen LogP contribution in [0.25, 0.3) is 0 Å². The minimum absolute atomic E-state index is 0.0156. The first-order chi connectivity index (χ1) is 7.50. The predicted molar refractivity (Wildman–Crippen MR) is 63.0 cm³/mol. The van der Waals surface area contributed by atoms with E-state index in [0.29, 0.717) is 18.0 Å². The van der Waals surface area contributed by atoms with Crippen molar-refractivity contribution in [2.24, 2.45) is 0 Å². The third-order valence-corrected chi connectivity index (χ3v) is 2.60. The number of nitrogens with two attached hydrogens (primary N) is 1. The molecule has 0 aromatic carbocycles. The number of carbonyl (C=O) groups is 1. The Morgan fingerprint density at radius 2 is 2.38 bits per heavy atom. The lowest BCUT2D eigenvalue weighted by Gasteiger charge is -2.08. The smallest absolute Gasteiger partial charge is 0.339 e. The standard InChI is InChI=1S/C9H13N3O3S/c1-16(15)3-2-11-8-7(9(13)14)4-6(10)5-12-8/h4-5H,2-3,10H2,1H3,(H,11,12)(H,13,14). The maximum Gasteiger partial charge on any atom is 0.339 e. The summed E-state index contributed by atoms with van der Waals surface area (Å²) in [5, 5.41) is 11.7. The van der Waals surface area contributed by atoms with Crippen molar-refractivity contribution in [2.75, 3.05) is 29.6 Å². The summed E-state index contributed by atoms with van der Waals surface area (Å²) in [5.74, 6) is -0.419. The number of carboxylic acids is 1. The zero-order chi connectivity index (χ0) is 12.1. The summed E-state index contributed by atoms with van der Waals surface area (Å²) in [5.41, 5.74) is 5.75. The predicted octanol–water partition coefficient (Wildman–Crippen LogP) is 0.152. The van der Waals surface area contributed by atoms with Gasteiger partial charge in [0.15, 0.2) is 0 Å². The highest BCUT2D eigenvalue weighted by Gasteiger charge is 2.11. The first-order valence-electron chi connectivity index (χ1n) is 4.53. The molecule has 0 saturated carbocycles. The van der Waals surface area contributed by atoms with Crippen LogP contribution in [0.15, 0.2) is 12.3 Å². The highest BCUT2D eigenvalue weighted by molar-refractivity contribution is 7.84. The van der Waals surface area contributed by atoms with Crippen molar-refractivity contribution in [3.05, 3.63) is 17.8 Å². The SMILES string of the molecule is CS(=O)CCNc1ncc(N)cc1C(=O)O. The fourth-order valence-electron chi connectivity index (χ4n) is 1.10.